The van der Waals surface area contributed by atoms with Crippen molar-refractivity contribution in [2.24, 2.45) is 11.8 Å². The highest BCUT2D eigenvalue weighted by atomic mass is 32.2. The summed E-state index contributed by atoms with van der Waals surface area (Å²) in [7, 11) is 0. The molecule has 2 atom stereocenters. The number of thioether (sulfide) groups is 1. The summed E-state index contributed by atoms with van der Waals surface area (Å²) < 4.78 is 4.96. The monoisotopic (exact) mass is 428 g/mol. The first-order valence-electron chi connectivity index (χ1n) is 10.2. The highest BCUT2D eigenvalue weighted by Crippen LogP contribution is 2.27. The summed E-state index contributed by atoms with van der Waals surface area (Å²) >= 11 is 1.38. The van der Waals surface area contributed by atoms with Gasteiger partial charge in [0, 0.05) is 24.8 Å². The zero-order valence-corrected chi connectivity index (χ0v) is 18.4. The van der Waals surface area contributed by atoms with Crippen LogP contribution < -0.4 is 10.2 Å². The molecule has 0 spiro atoms. The maximum absolute atomic E-state index is 12.3. The lowest BCUT2D eigenvalue weighted by molar-refractivity contribution is -0.113. The third-order valence-electron chi connectivity index (χ3n) is 4.85. The SMILES string of the molecule is CCOC(=O)c1ccc(NC(=O)CSc2cc(N3CC(C)CC(C)C3)ncn2)cc1. The van der Waals surface area contributed by atoms with Crippen LogP contribution in [0.15, 0.2) is 41.7 Å². The van der Waals surface area contributed by atoms with Crippen LogP contribution >= 0.6 is 11.8 Å². The molecule has 0 radical (unpaired) electrons. The van der Waals surface area contributed by atoms with Crippen molar-refractivity contribution in [1.29, 1.82) is 0 Å². The van der Waals surface area contributed by atoms with E-state index in [1.807, 2.05) is 6.07 Å². The van der Waals surface area contributed by atoms with Crippen molar-refractivity contribution >= 4 is 35.1 Å². The van der Waals surface area contributed by atoms with Crippen LogP contribution in [-0.2, 0) is 9.53 Å². The van der Waals surface area contributed by atoms with Gasteiger partial charge >= 0.3 is 5.97 Å². The number of nitrogens with one attached hydrogen (secondary N) is 1. The van der Waals surface area contributed by atoms with Crippen LogP contribution in [0.5, 0.6) is 0 Å². The average Bonchev–Trinajstić information content (AvgIpc) is 2.72. The molecule has 1 aliphatic heterocycles. The fraction of sp³-hybridized carbons (Fsp3) is 0.455. The number of aromatic nitrogens is 2. The Balaban J connectivity index is 1.53. The van der Waals surface area contributed by atoms with E-state index in [4.69, 9.17) is 4.74 Å². The second-order valence-corrected chi connectivity index (χ2v) is 8.70. The molecule has 2 heterocycles. The lowest BCUT2D eigenvalue weighted by Crippen LogP contribution is -2.39. The zero-order valence-electron chi connectivity index (χ0n) is 17.6. The Hall–Kier alpha value is -2.61. The van der Waals surface area contributed by atoms with Crippen LogP contribution in [0, 0.1) is 11.8 Å². The van der Waals surface area contributed by atoms with E-state index in [2.05, 4.69) is 34.0 Å². The molecule has 8 heteroatoms. The van der Waals surface area contributed by atoms with Gasteiger partial charge in [0.05, 0.1) is 17.9 Å². The molecule has 3 rings (SSSR count). The van der Waals surface area contributed by atoms with E-state index in [1.165, 1.54) is 18.2 Å². The summed E-state index contributed by atoms with van der Waals surface area (Å²) in [5.41, 5.74) is 1.09. The molecule has 2 aromatic rings. The Bertz CT molecular complexity index is 865. The first-order chi connectivity index (χ1) is 14.4. The van der Waals surface area contributed by atoms with Gasteiger partial charge in [-0.3, -0.25) is 4.79 Å². The number of anilines is 2. The topological polar surface area (TPSA) is 84.4 Å². The summed E-state index contributed by atoms with van der Waals surface area (Å²) in [5, 5.41) is 3.61. The zero-order chi connectivity index (χ0) is 21.5. The van der Waals surface area contributed by atoms with Gasteiger partial charge in [-0.1, -0.05) is 25.6 Å². The van der Waals surface area contributed by atoms with Gasteiger partial charge in [0.15, 0.2) is 0 Å². The number of piperidine rings is 1. The van der Waals surface area contributed by atoms with Crippen LogP contribution in [0.3, 0.4) is 0 Å². The van der Waals surface area contributed by atoms with Crippen molar-refractivity contribution < 1.29 is 14.3 Å². The smallest absolute Gasteiger partial charge is 0.338 e. The first-order valence-corrected chi connectivity index (χ1v) is 11.2. The second-order valence-electron chi connectivity index (χ2n) is 7.70. The molecule has 1 amide bonds. The van der Waals surface area contributed by atoms with Crippen LogP contribution in [-0.4, -0.2) is 47.3 Å². The predicted octanol–water partition coefficient (Wildman–Crippen LogP) is 3.87. The Labute approximate surface area is 181 Å². The maximum atomic E-state index is 12.3. The van der Waals surface area contributed by atoms with Crippen molar-refractivity contribution in [1.82, 2.24) is 9.97 Å². The Morgan fingerprint density at radius 2 is 1.87 bits per heavy atom. The van der Waals surface area contributed by atoms with Gasteiger partial charge in [0.1, 0.15) is 17.2 Å². The fourth-order valence-corrected chi connectivity index (χ4v) is 4.33. The number of amides is 1. The molecule has 7 nitrogen and oxygen atoms in total. The Morgan fingerprint density at radius 1 is 1.17 bits per heavy atom. The molecule has 1 aliphatic rings. The second kappa shape index (κ2) is 10.4. The molecule has 0 bridgehead atoms. The number of esters is 1. The van der Waals surface area contributed by atoms with E-state index in [1.54, 1.807) is 37.5 Å². The molecule has 0 saturated carbocycles. The quantitative estimate of drug-likeness (QED) is 0.407. The molecule has 1 aromatic carbocycles. The van der Waals surface area contributed by atoms with E-state index in [9.17, 15) is 9.59 Å². The van der Waals surface area contributed by atoms with Gasteiger partial charge in [0.25, 0.3) is 0 Å². The minimum absolute atomic E-state index is 0.135. The van der Waals surface area contributed by atoms with Crippen LogP contribution in [0.4, 0.5) is 11.5 Å². The molecule has 2 unspecified atom stereocenters. The van der Waals surface area contributed by atoms with Gasteiger partial charge in [0.2, 0.25) is 5.91 Å². The van der Waals surface area contributed by atoms with Crippen LogP contribution in [0.1, 0.15) is 37.6 Å². The molecule has 1 fully saturated rings. The average molecular weight is 429 g/mol. The Morgan fingerprint density at radius 3 is 2.53 bits per heavy atom. The largest absolute Gasteiger partial charge is 0.462 e. The van der Waals surface area contributed by atoms with Gasteiger partial charge in [-0.15, -0.1) is 0 Å². The summed E-state index contributed by atoms with van der Waals surface area (Å²) in [6, 6.07) is 8.61. The lowest BCUT2D eigenvalue weighted by atomic mass is 9.92. The van der Waals surface area contributed by atoms with E-state index < -0.39 is 0 Å². The number of hydrogen-bond acceptors (Lipinski definition) is 7. The molecule has 1 N–H and O–H groups in total. The molecule has 0 aliphatic carbocycles. The summed E-state index contributed by atoms with van der Waals surface area (Å²) in [4.78, 5) is 35.0. The van der Waals surface area contributed by atoms with Crippen LogP contribution in [0.25, 0.3) is 0 Å². The van der Waals surface area contributed by atoms with Crippen molar-refractivity contribution in [3.63, 3.8) is 0 Å². The van der Waals surface area contributed by atoms with Gasteiger partial charge < -0.3 is 15.0 Å². The summed E-state index contributed by atoms with van der Waals surface area (Å²) in [5.74, 6) is 1.93. The number of carbonyl (C=O) groups is 2. The van der Waals surface area contributed by atoms with Gasteiger partial charge in [-0.25, -0.2) is 14.8 Å². The molecule has 1 aromatic heterocycles. The van der Waals surface area contributed by atoms with E-state index in [0.717, 1.165) is 23.9 Å². The van der Waals surface area contributed by atoms with E-state index in [0.29, 0.717) is 29.7 Å². The van der Waals surface area contributed by atoms with Crippen molar-refractivity contribution in [3.05, 3.63) is 42.2 Å². The Kier molecular flexibility index (Phi) is 7.68. The van der Waals surface area contributed by atoms with Crippen LogP contribution in [0.2, 0.25) is 0 Å². The highest BCUT2D eigenvalue weighted by molar-refractivity contribution is 7.99. The molecule has 30 heavy (non-hydrogen) atoms. The number of nitrogens with zero attached hydrogens (tertiary/aromatic N) is 3. The number of benzene rings is 1. The molecule has 160 valence electrons. The standard InChI is InChI=1S/C22H28N4O3S/c1-4-29-22(28)17-5-7-18(8-6-17)25-20(27)13-30-21-10-19(23-14-24-21)26-11-15(2)9-16(3)12-26/h5-8,10,14-16H,4,9,11-13H2,1-3H3,(H,25,27). The van der Waals surface area contributed by atoms with Crippen molar-refractivity contribution in [2.45, 2.75) is 32.2 Å². The van der Waals surface area contributed by atoms with Gasteiger partial charge in [-0.05, 0) is 49.4 Å². The normalized spacial score (nSPS) is 18.7. The molecule has 1 saturated heterocycles. The third-order valence-corrected chi connectivity index (χ3v) is 5.78. The first kappa shape index (κ1) is 22.1. The molecular weight excluding hydrogens is 400 g/mol. The third kappa shape index (κ3) is 6.19. The van der Waals surface area contributed by atoms with Crippen molar-refractivity contribution in [3.8, 4) is 0 Å². The van der Waals surface area contributed by atoms with E-state index >= 15 is 0 Å². The van der Waals surface area contributed by atoms with Crippen molar-refractivity contribution in [2.75, 3.05) is 35.7 Å². The number of ether oxygens (including phenoxy) is 1. The minimum Gasteiger partial charge on any atom is -0.462 e. The maximum Gasteiger partial charge on any atom is 0.338 e. The fourth-order valence-electron chi connectivity index (χ4n) is 3.67. The summed E-state index contributed by atoms with van der Waals surface area (Å²) in [6.45, 7) is 8.61. The number of carbonyl (C=O) groups excluding carboxylic acids is 2. The van der Waals surface area contributed by atoms with Gasteiger partial charge in [-0.2, -0.15) is 0 Å². The minimum atomic E-state index is -0.372. The predicted molar refractivity (Wildman–Crippen MR) is 119 cm³/mol. The molecular formula is C22H28N4O3S. The lowest BCUT2D eigenvalue weighted by Gasteiger charge is -2.35. The number of hydrogen-bond donors (Lipinski definition) is 1. The summed E-state index contributed by atoms with van der Waals surface area (Å²) in [6.07, 6.45) is 2.80. The number of rotatable bonds is 7. The highest BCUT2D eigenvalue weighted by Gasteiger charge is 2.23. The van der Waals surface area contributed by atoms with E-state index in [-0.39, 0.29) is 17.6 Å².